The second-order valence-corrected chi connectivity index (χ2v) is 17.5. The number of aliphatic hydroxyl groups is 4. The van der Waals surface area contributed by atoms with Gasteiger partial charge >= 0.3 is 22.8 Å². The molecule has 4 atom stereocenters. The summed E-state index contributed by atoms with van der Waals surface area (Å²) in [4.78, 5) is 0. The van der Waals surface area contributed by atoms with E-state index in [1.807, 2.05) is 27.4 Å². The maximum absolute atomic E-state index is 11.3. The lowest BCUT2D eigenvalue weighted by molar-refractivity contribution is 0.0498. The van der Waals surface area contributed by atoms with Crippen LogP contribution in [0.2, 0.25) is 0 Å². The third kappa shape index (κ3) is 77.5. The van der Waals surface area contributed by atoms with Crippen molar-refractivity contribution in [2.45, 2.75) is 60.8 Å². The summed E-state index contributed by atoms with van der Waals surface area (Å²) in [6.45, 7) is 23.1. The summed E-state index contributed by atoms with van der Waals surface area (Å²) in [5, 5.41) is 32.5. The van der Waals surface area contributed by atoms with Crippen molar-refractivity contribution in [2.75, 3.05) is 146 Å². The van der Waals surface area contributed by atoms with E-state index in [2.05, 4.69) is 16.0 Å². The molecule has 0 amide bonds. The SMILES string of the molecule is CCCOCCOP(C)(=O)OCC.CCCOCCOP(C)(=O)OCO.CCCOCCOP(C)OCC.CCO.CP(=O)(OCO)OCCOCCO.N.O.O. The summed E-state index contributed by atoms with van der Waals surface area (Å²) in [7, 11) is -9.71. The van der Waals surface area contributed by atoms with Gasteiger partial charge in [-0.2, -0.15) is 0 Å². The van der Waals surface area contributed by atoms with E-state index in [0.29, 0.717) is 52.9 Å². The zero-order valence-corrected chi connectivity index (χ0v) is 39.8. The quantitative estimate of drug-likeness (QED) is 0.0358. The Kier molecular flexibility index (Phi) is 76.7. The van der Waals surface area contributed by atoms with Crippen molar-refractivity contribution in [3.05, 3.63) is 0 Å². The number of rotatable bonds is 32. The van der Waals surface area contributed by atoms with Crippen molar-refractivity contribution in [3.8, 4) is 0 Å². The van der Waals surface area contributed by atoms with E-state index in [4.69, 9.17) is 66.5 Å². The summed E-state index contributed by atoms with van der Waals surface area (Å²) in [6.07, 6.45) is 2.98. The monoisotopic (exact) mass is 929 g/mol. The normalized spacial score (nSPS) is 13.8. The van der Waals surface area contributed by atoms with Gasteiger partial charge in [-0.25, -0.2) is 0 Å². The Bertz CT molecular complexity index is 773. The highest BCUT2D eigenvalue weighted by Gasteiger charge is 2.16. The molecular formula is C31H83NO21P4. The number of hydrogen-bond acceptors (Lipinski definition) is 20. The Morgan fingerprint density at radius 3 is 1.04 bits per heavy atom. The van der Waals surface area contributed by atoms with Gasteiger partial charge in [0.25, 0.3) is 0 Å². The molecule has 0 heterocycles. The Labute approximate surface area is 343 Å². The maximum Gasteiger partial charge on any atom is 0.329 e. The molecule has 0 aliphatic carbocycles. The summed E-state index contributed by atoms with van der Waals surface area (Å²) in [5.41, 5.74) is 0. The van der Waals surface area contributed by atoms with Gasteiger partial charge in [-0.15, -0.1) is 0 Å². The topological polar surface area (TPSA) is 341 Å². The van der Waals surface area contributed by atoms with E-state index in [1.165, 1.54) is 20.0 Å². The van der Waals surface area contributed by atoms with E-state index < -0.39 is 44.7 Å². The van der Waals surface area contributed by atoms with Crippen molar-refractivity contribution in [1.82, 2.24) is 6.15 Å². The van der Waals surface area contributed by atoms with Crippen LogP contribution in [0, 0.1) is 0 Å². The van der Waals surface area contributed by atoms with Gasteiger partial charge in [-0.05, 0) is 40.0 Å². The van der Waals surface area contributed by atoms with Crippen LogP contribution in [0.4, 0.5) is 0 Å². The molecule has 0 saturated heterocycles. The molecule has 0 aromatic carbocycles. The molecule has 0 aliphatic rings. The number of ether oxygens (including phenoxy) is 4. The second kappa shape index (κ2) is 58.5. The Hall–Kier alpha value is 0.360. The fourth-order valence-electron chi connectivity index (χ4n) is 2.69. The van der Waals surface area contributed by atoms with E-state index in [1.54, 1.807) is 13.8 Å². The van der Waals surface area contributed by atoms with Crippen molar-refractivity contribution in [3.63, 3.8) is 0 Å². The smallest absolute Gasteiger partial charge is 0.329 e. The van der Waals surface area contributed by atoms with Gasteiger partial charge in [-0.1, -0.05) is 20.8 Å². The molecule has 0 radical (unpaired) electrons. The largest absolute Gasteiger partial charge is 0.412 e. The molecule has 0 aliphatic heterocycles. The standard InChI is InChI=1S/C8H19O4P.C8H19O3P.C7H17O5P.C6H15O6P.C2H6O.H3N.2H2O/c1-4-6-10-7-8-12-13(3,9)11-5-2;1-4-6-9-7-8-11-12(3)10-5-2;1-3-4-10-5-6-11-13(2,9)12-7-8;1-13(9,12-6-8)11-5-4-10-3-2-7;1-2-3;;;/h4-8H2,1-3H3;4-8H2,1-3H3;8H,3-7H2,1-2H3;7-8H,2-6H2,1H3;3H,2H2,1H3;1H3;2*1H2. The lowest BCUT2D eigenvalue weighted by Gasteiger charge is -2.12. The first-order valence-electron chi connectivity index (χ1n) is 17.9. The van der Waals surface area contributed by atoms with Crippen LogP contribution in [0.25, 0.3) is 0 Å². The van der Waals surface area contributed by atoms with E-state index in [9.17, 15) is 13.7 Å². The second-order valence-electron chi connectivity index (χ2n) is 9.93. The van der Waals surface area contributed by atoms with E-state index in [-0.39, 0.29) is 56.7 Å². The average molecular weight is 930 g/mol. The molecule has 0 rings (SSSR count). The molecule has 11 N–H and O–H groups in total. The van der Waals surface area contributed by atoms with Crippen LogP contribution in [-0.4, -0.2) is 177 Å². The molecule has 0 saturated carbocycles. The van der Waals surface area contributed by atoms with Gasteiger partial charge in [0.05, 0.1) is 79.3 Å². The molecule has 358 valence electrons. The van der Waals surface area contributed by atoms with Gasteiger partial charge in [0.15, 0.2) is 22.0 Å². The van der Waals surface area contributed by atoms with Gasteiger partial charge in [-0.3, -0.25) is 22.7 Å². The number of aliphatic hydroxyl groups excluding tert-OH is 4. The van der Waals surface area contributed by atoms with E-state index >= 15 is 0 Å². The highest BCUT2D eigenvalue weighted by Crippen LogP contribution is 2.44. The van der Waals surface area contributed by atoms with Crippen LogP contribution in [-0.2, 0) is 68.8 Å². The molecule has 26 heteroatoms. The van der Waals surface area contributed by atoms with Crippen LogP contribution in [0.3, 0.4) is 0 Å². The molecule has 0 fully saturated rings. The predicted octanol–water partition coefficient (Wildman–Crippen LogP) is 4.23. The minimum Gasteiger partial charge on any atom is -0.412 e. The third-order valence-corrected chi connectivity index (χ3v) is 9.72. The van der Waals surface area contributed by atoms with Crippen molar-refractivity contribution in [1.29, 1.82) is 0 Å². The maximum atomic E-state index is 11.3. The molecule has 57 heavy (non-hydrogen) atoms. The molecule has 0 aromatic heterocycles. The van der Waals surface area contributed by atoms with Crippen molar-refractivity contribution >= 4 is 31.2 Å². The lowest BCUT2D eigenvalue weighted by Crippen LogP contribution is -2.07. The van der Waals surface area contributed by atoms with Gasteiger partial charge < -0.3 is 83.6 Å². The zero-order chi connectivity index (χ0) is 42.4. The van der Waals surface area contributed by atoms with Crippen molar-refractivity contribution < 1.29 is 100 Å². The fourth-order valence-corrected chi connectivity index (χ4v) is 5.79. The first-order valence-corrected chi connectivity index (χ1v) is 25.5. The van der Waals surface area contributed by atoms with Crippen LogP contribution in [0.1, 0.15) is 60.8 Å². The minimum absolute atomic E-state index is 0. The summed E-state index contributed by atoms with van der Waals surface area (Å²) < 4.78 is 93.1. The summed E-state index contributed by atoms with van der Waals surface area (Å²) in [6, 6.07) is 0. The first-order chi connectivity index (χ1) is 25.6. The Morgan fingerprint density at radius 2 is 0.754 bits per heavy atom. The predicted molar refractivity (Wildman–Crippen MR) is 223 cm³/mol. The van der Waals surface area contributed by atoms with Crippen LogP contribution in [0.5, 0.6) is 0 Å². The van der Waals surface area contributed by atoms with Gasteiger partial charge in [0.1, 0.15) is 0 Å². The summed E-state index contributed by atoms with van der Waals surface area (Å²) >= 11 is 0. The van der Waals surface area contributed by atoms with Crippen molar-refractivity contribution in [2.24, 2.45) is 0 Å². The van der Waals surface area contributed by atoms with Gasteiger partial charge in [0, 0.05) is 53.1 Å². The highest BCUT2D eigenvalue weighted by molar-refractivity contribution is 7.53. The molecule has 0 spiro atoms. The first kappa shape index (κ1) is 74.8. The summed E-state index contributed by atoms with van der Waals surface area (Å²) in [5.74, 6) is 0. The number of hydrogen-bond donors (Lipinski definition) is 5. The highest BCUT2D eigenvalue weighted by atomic mass is 31.2. The van der Waals surface area contributed by atoms with E-state index in [0.717, 1.165) is 32.5 Å². The zero-order valence-electron chi connectivity index (χ0n) is 36.3. The molecule has 4 unspecified atom stereocenters. The van der Waals surface area contributed by atoms with Crippen LogP contribution >= 0.6 is 31.2 Å². The fraction of sp³-hybridized carbons (Fsp3) is 1.00. The lowest BCUT2D eigenvalue weighted by atomic mass is 10.5. The Balaban J connectivity index is -0.0000000898. The van der Waals surface area contributed by atoms with Gasteiger partial charge in [0.2, 0.25) is 0 Å². The van der Waals surface area contributed by atoms with Crippen LogP contribution in [0.15, 0.2) is 0 Å². The molecule has 0 bridgehead atoms. The third-order valence-electron chi connectivity index (χ3n) is 4.70. The van der Waals surface area contributed by atoms with Crippen LogP contribution < -0.4 is 6.15 Å². The minimum atomic E-state index is -3.13. The molecular weight excluding hydrogens is 846 g/mol. The Morgan fingerprint density at radius 1 is 0.439 bits per heavy atom. The molecule has 22 nitrogen and oxygen atoms in total. The molecule has 0 aromatic rings. The average Bonchev–Trinajstić information content (AvgIpc) is 3.09.